The van der Waals surface area contributed by atoms with Crippen LogP contribution in [-0.4, -0.2) is 0 Å². The molecule has 0 unspecified atom stereocenters. The third-order valence-corrected chi connectivity index (χ3v) is 5.37. The molecule has 0 radical (unpaired) electrons. The van der Waals surface area contributed by atoms with Gasteiger partial charge in [0.2, 0.25) is 0 Å². The van der Waals surface area contributed by atoms with Crippen LogP contribution < -0.4 is 0 Å². The molecule has 0 spiro atoms. The average Bonchev–Trinajstić information content (AvgIpc) is 2.68. The van der Waals surface area contributed by atoms with Crippen molar-refractivity contribution in [2.75, 3.05) is 0 Å². The normalized spacial score (nSPS) is 12.4. The minimum absolute atomic E-state index is 1.16. The fourth-order valence-corrected chi connectivity index (χ4v) is 3.70. The monoisotopic (exact) mass is 372 g/mol. The maximum Gasteiger partial charge on any atom is -0.0283 e. The third kappa shape index (κ3) is 16.8. The van der Waals surface area contributed by atoms with Gasteiger partial charge in [-0.3, -0.25) is 0 Å². The quantitative estimate of drug-likeness (QED) is 0.147. The van der Waals surface area contributed by atoms with Gasteiger partial charge in [-0.2, -0.15) is 0 Å². The Labute approximate surface area is 171 Å². The van der Waals surface area contributed by atoms with Crippen LogP contribution in [0.25, 0.3) is 0 Å². The number of hydrogen-bond acceptors (Lipinski definition) is 0. The van der Waals surface area contributed by atoms with Gasteiger partial charge in [0.25, 0.3) is 0 Å². The molecule has 0 amide bonds. The summed E-state index contributed by atoms with van der Waals surface area (Å²) in [6.45, 7) is 12.3. The van der Waals surface area contributed by atoms with Gasteiger partial charge in [-0.25, -0.2) is 0 Å². The Hall–Kier alpha value is -1.04. The molecule has 0 aliphatic carbocycles. The van der Waals surface area contributed by atoms with E-state index in [0.29, 0.717) is 0 Å². The Morgan fingerprint density at radius 1 is 0.556 bits per heavy atom. The van der Waals surface area contributed by atoms with Crippen molar-refractivity contribution < 1.29 is 0 Å². The third-order valence-electron chi connectivity index (χ3n) is 5.37. The van der Waals surface area contributed by atoms with E-state index >= 15 is 0 Å². The number of unbranched alkanes of at least 4 members (excludes halogenated alkanes) is 8. The zero-order valence-corrected chi connectivity index (χ0v) is 18.7. The number of hydrogen-bond donors (Lipinski definition) is 0. The number of allylic oxidation sites excluding steroid dienone is 6. The predicted octanol–water partition coefficient (Wildman–Crippen LogP) is 9.88. The number of rotatable bonds is 20. The molecule has 0 atom stereocenters. The molecule has 0 fully saturated rings. The van der Waals surface area contributed by atoms with E-state index in [2.05, 4.69) is 51.3 Å². The molecular formula is C27H48. The summed E-state index contributed by atoms with van der Waals surface area (Å²) < 4.78 is 0. The average molecular weight is 373 g/mol. The summed E-state index contributed by atoms with van der Waals surface area (Å²) in [5.74, 6) is 0. The van der Waals surface area contributed by atoms with E-state index in [4.69, 9.17) is 0 Å². The van der Waals surface area contributed by atoms with Crippen LogP contribution in [0.2, 0.25) is 0 Å². The smallest absolute Gasteiger partial charge is 0.0283 e. The van der Waals surface area contributed by atoms with Crippen LogP contribution in [0.5, 0.6) is 0 Å². The second-order valence-corrected chi connectivity index (χ2v) is 7.86. The van der Waals surface area contributed by atoms with Gasteiger partial charge < -0.3 is 0 Å². The van der Waals surface area contributed by atoms with Crippen molar-refractivity contribution in [3.05, 3.63) is 48.6 Å². The van der Waals surface area contributed by atoms with Crippen molar-refractivity contribution >= 4 is 0 Å². The predicted molar refractivity (Wildman–Crippen MR) is 126 cm³/mol. The molecule has 0 heteroatoms. The molecule has 156 valence electrons. The molecule has 0 nitrogen and oxygen atoms in total. The van der Waals surface area contributed by atoms with E-state index < -0.39 is 0 Å². The molecule has 0 N–H and O–H groups in total. The SMILES string of the molecule is C=CCCCCCCC(CCCCC=C)=C(CCC=CCC)CCCCC. The highest BCUT2D eigenvalue weighted by Crippen LogP contribution is 2.27. The summed E-state index contributed by atoms with van der Waals surface area (Å²) in [6, 6.07) is 0. The highest BCUT2D eigenvalue weighted by Gasteiger charge is 2.07. The van der Waals surface area contributed by atoms with Crippen molar-refractivity contribution in [1.82, 2.24) is 0 Å². The van der Waals surface area contributed by atoms with Crippen molar-refractivity contribution in [3.63, 3.8) is 0 Å². The van der Waals surface area contributed by atoms with Crippen molar-refractivity contribution in [2.45, 2.75) is 123 Å². The summed E-state index contributed by atoms with van der Waals surface area (Å²) >= 11 is 0. The fraction of sp³-hybridized carbons (Fsp3) is 0.704. The van der Waals surface area contributed by atoms with Gasteiger partial charge in [-0.1, -0.05) is 75.0 Å². The fourth-order valence-electron chi connectivity index (χ4n) is 3.70. The molecule has 0 aromatic heterocycles. The van der Waals surface area contributed by atoms with Crippen molar-refractivity contribution in [1.29, 1.82) is 0 Å². The van der Waals surface area contributed by atoms with E-state index in [1.54, 1.807) is 5.57 Å². The van der Waals surface area contributed by atoms with E-state index in [-0.39, 0.29) is 0 Å². The first-order valence-electron chi connectivity index (χ1n) is 11.9. The van der Waals surface area contributed by atoms with Gasteiger partial charge in [-0.05, 0) is 83.5 Å². The van der Waals surface area contributed by atoms with Crippen LogP contribution in [0.3, 0.4) is 0 Å². The molecule has 0 aromatic carbocycles. The lowest BCUT2D eigenvalue weighted by atomic mass is 9.90. The van der Waals surface area contributed by atoms with Crippen LogP contribution in [-0.2, 0) is 0 Å². The van der Waals surface area contributed by atoms with Gasteiger partial charge >= 0.3 is 0 Å². The van der Waals surface area contributed by atoms with Crippen LogP contribution >= 0.6 is 0 Å². The molecule has 0 aliphatic heterocycles. The Morgan fingerprint density at radius 2 is 1.07 bits per heavy atom. The molecule has 0 aliphatic rings. The first-order valence-corrected chi connectivity index (χ1v) is 11.9. The lowest BCUT2D eigenvalue weighted by Gasteiger charge is -2.16. The molecule has 0 bridgehead atoms. The Bertz CT molecular complexity index is 396. The zero-order chi connectivity index (χ0) is 20.0. The summed E-state index contributed by atoms with van der Waals surface area (Å²) in [5, 5.41) is 0. The topological polar surface area (TPSA) is 0 Å². The lowest BCUT2D eigenvalue weighted by molar-refractivity contribution is 0.612. The maximum atomic E-state index is 3.88. The highest BCUT2D eigenvalue weighted by atomic mass is 14.1. The molecule has 27 heavy (non-hydrogen) atoms. The minimum atomic E-state index is 1.16. The highest BCUT2D eigenvalue weighted by molar-refractivity contribution is 5.15. The molecular weight excluding hydrogens is 324 g/mol. The van der Waals surface area contributed by atoms with Gasteiger partial charge in [0.15, 0.2) is 0 Å². The largest absolute Gasteiger partial charge is 0.103 e. The first-order chi connectivity index (χ1) is 13.3. The van der Waals surface area contributed by atoms with Crippen LogP contribution in [0.1, 0.15) is 123 Å². The van der Waals surface area contributed by atoms with E-state index in [1.165, 1.54) is 103 Å². The molecule has 0 saturated heterocycles. The Morgan fingerprint density at radius 3 is 1.67 bits per heavy atom. The summed E-state index contributed by atoms with van der Waals surface area (Å²) in [5.41, 5.74) is 3.61. The van der Waals surface area contributed by atoms with Gasteiger partial charge in [0.05, 0.1) is 0 Å². The molecule has 0 heterocycles. The second kappa shape index (κ2) is 21.3. The van der Waals surface area contributed by atoms with Gasteiger partial charge in [0, 0.05) is 0 Å². The van der Waals surface area contributed by atoms with Crippen molar-refractivity contribution in [2.24, 2.45) is 0 Å². The summed E-state index contributed by atoms with van der Waals surface area (Å²) in [6.07, 6.45) is 31.0. The zero-order valence-electron chi connectivity index (χ0n) is 18.7. The van der Waals surface area contributed by atoms with Crippen LogP contribution in [0.4, 0.5) is 0 Å². The molecule has 0 saturated carbocycles. The lowest BCUT2D eigenvalue weighted by Crippen LogP contribution is -1.96. The van der Waals surface area contributed by atoms with Crippen LogP contribution in [0, 0.1) is 0 Å². The standard InChI is InChI=1S/C27H48/c1-5-9-13-16-17-21-25-27(24-20-15-11-7-3)26(22-18-12-8-4)23-19-14-10-6-2/h5,7,10,14H,1,3,6,8-9,11-13,15-25H2,2,4H3. The van der Waals surface area contributed by atoms with Crippen LogP contribution in [0.15, 0.2) is 48.6 Å². The Kier molecular flexibility index (Phi) is 20.4. The van der Waals surface area contributed by atoms with Crippen molar-refractivity contribution in [3.8, 4) is 0 Å². The van der Waals surface area contributed by atoms with E-state index in [9.17, 15) is 0 Å². The maximum absolute atomic E-state index is 3.88. The second-order valence-electron chi connectivity index (χ2n) is 7.86. The summed E-state index contributed by atoms with van der Waals surface area (Å²) in [4.78, 5) is 0. The summed E-state index contributed by atoms with van der Waals surface area (Å²) in [7, 11) is 0. The first kappa shape index (κ1) is 26.0. The van der Waals surface area contributed by atoms with Gasteiger partial charge in [0.1, 0.15) is 0 Å². The van der Waals surface area contributed by atoms with E-state index in [0.717, 1.165) is 6.42 Å². The van der Waals surface area contributed by atoms with Gasteiger partial charge in [-0.15, -0.1) is 13.2 Å². The minimum Gasteiger partial charge on any atom is -0.103 e. The Balaban J connectivity index is 4.81. The molecule has 0 rings (SSSR count). The van der Waals surface area contributed by atoms with E-state index in [1.807, 2.05) is 5.57 Å². The molecule has 0 aromatic rings.